The van der Waals surface area contributed by atoms with Crippen LogP contribution >= 0.6 is 0 Å². The molecule has 8 nitrogen and oxygen atoms in total. The van der Waals surface area contributed by atoms with Crippen LogP contribution in [-0.2, 0) is 9.47 Å². The Kier molecular flexibility index (Phi) is 5.49. The third-order valence-electron chi connectivity index (χ3n) is 4.81. The van der Waals surface area contributed by atoms with Gasteiger partial charge in [0.1, 0.15) is 11.6 Å². The van der Waals surface area contributed by atoms with E-state index in [1.165, 1.54) is 12.3 Å². The van der Waals surface area contributed by atoms with Crippen molar-refractivity contribution in [2.75, 3.05) is 68.1 Å². The first-order valence-corrected chi connectivity index (χ1v) is 9.20. The summed E-state index contributed by atoms with van der Waals surface area (Å²) in [6, 6.07) is 3.15. The summed E-state index contributed by atoms with van der Waals surface area (Å²) in [4.78, 5) is 17.4. The molecule has 2 aromatic heterocycles. The highest BCUT2D eigenvalue weighted by Gasteiger charge is 2.21. The number of nitrogens with two attached hydrogens (primary N) is 1. The van der Waals surface area contributed by atoms with Gasteiger partial charge in [-0.3, -0.25) is 0 Å². The smallest absolute Gasteiger partial charge is 0.267 e. The number of anilines is 3. The van der Waals surface area contributed by atoms with Gasteiger partial charge in [0.2, 0.25) is 5.95 Å². The highest BCUT2D eigenvalue weighted by atomic mass is 19.3. The number of hydrogen-bond acceptors (Lipinski definition) is 8. The maximum Gasteiger partial charge on any atom is 0.267 e. The van der Waals surface area contributed by atoms with Gasteiger partial charge in [0, 0.05) is 44.0 Å². The summed E-state index contributed by atoms with van der Waals surface area (Å²) in [5.74, 6) is 1.12. The molecule has 2 aromatic rings. The third kappa shape index (κ3) is 3.97. The number of halogens is 2. The largest absolute Gasteiger partial charge is 0.383 e. The van der Waals surface area contributed by atoms with Gasteiger partial charge < -0.3 is 25.0 Å². The van der Waals surface area contributed by atoms with Crippen molar-refractivity contribution < 1.29 is 18.3 Å². The molecule has 0 aromatic carbocycles. The van der Waals surface area contributed by atoms with Gasteiger partial charge in [0.05, 0.1) is 37.7 Å². The fourth-order valence-corrected chi connectivity index (χ4v) is 3.24. The van der Waals surface area contributed by atoms with Crippen LogP contribution in [0.5, 0.6) is 0 Å². The summed E-state index contributed by atoms with van der Waals surface area (Å²) in [6.07, 6.45) is -1.23. The summed E-state index contributed by atoms with van der Waals surface area (Å²) in [6.45, 7) is 5.19. The molecule has 0 spiro atoms. The molecule has 10 heteroatoms. The molecule has 0 aliphatic carbocycles. The van der Waals surface area contributed by atoms with Crippen LogP contribution < -0.4 is 15.5 Å². The van der Waals surface area contributed by atoms with E-state index < -0.39 is 6.43 Å². The number of aromatic nitrogens is 3. The van der Waals surface area contributed by atoms with Crippen LogP contribution in [0.15, 0.2) is 18.3 Å². The summed E-state index contributed by atoms with van der Waals surface area (Å²) in [7, 11) is 0. The molecular weight excluding hydrogens is 370 g/mol. The maximum atomic E-state index is 13.3. The van der Waals surface area contributed by atoms with Crippen LogP contribution in [0.25, 0.3) is 11.3 Å². The topological polar surface area (TPSA) is 89.6 Å². The minimum absolute atomic E-state index is 0.172. The molecule has 2 saturated heterocycles. The Hall–Kier alpha value is -2.59. The monoisotopic (exact) mass is 392 g/mol. The van der Waals surface area contributed by atoms with Crippen LogP contribution in [0.1, 0.15) is 12.0 Å². The number of nitrogen functional groups attached to an aromatic ring is 1. The average molecular weight is 392 g/mol. The lowest BCUT2D eigenvalue weighted by Gasteiger charge is -2.31. The first-order chi connectivity index (χ1) is 13.6. The molecule has 28 heavy (non-hydrogen) atoms. The lowest BCUT2D eigenvalue weighted by atomic mass is 10.1. The van der Waals surface area contributed by atoms with Crippen molar-refractivity contribution in [1.82, 2.24) is 15.0 Å². The van der Waals surface area contributed by atoms with Crippen molar-refractivity contribution in [1.29, 1.82) is 0 Å². The molecule has 0 atom stereocenters. The molecule has 2 aliphatic rings. The minimum atomic E-state index is -2.70. The van der Waals surface area contributed by atoms with Crippen molar-refractivity contribution in [2.45, 2.75) is 6.43 Å². The van der Waals surface area contributed by atoms with Gasteiger partial charge in [0.25, 0.3) is 6.43 Å². The predicted molar refractivity (Wildman–Crippen MR) is 101 cm³/mol. The average Bonchev–Trinajstić information content (AvgIpc) is 2.75. The van der Waals surface area contributed by atoms with E-state index in [2.05, 4.69) is 14.9 Å². The van der Waals surface area contributed by atoms with Crippen LogP contribution in [0.2, 0.25) is 0 Å². The summed E-state index contributed by atoms with van der Waals surface area (Å²) in [5, 5.41) is 0. The Balaban J connectivity index is 1.75. The van der Waals surface area contributed by atoms with Gasteiger partial charge >= 0.3 is 0 Å². The van der Waals surface area contributed by atoms with Crippen molar-refractivity contribution >= 4 is 17.6 Å². The normalized spacial score (nSPS) is 18.0. The highest BCUT2D eigenvalue weighted by Crippen LogP contribution is 2.30. The Morgan fingerprint density at radius 2 is 1.57 bits per heavy atom. The molecular formula is C18H22F2N6O2. The van der Waals surface area contributed by atoms with E-state index in [9.17, 15) is 8.78 Å². The molecule has 0 saturated carbocycles. The zero-order chi connectivity index (χ0) is 19.5. The van der Waals surface area contributed by atoms with E-state index in [1.807, 2.05) is 4.90 Å². The summed E-state index contributed by atoms with van der Waals surface area (Å²) < 4.78 is 37.4. The van der Waals surface area contributed by atoms with E-state index in [0.29, 0.717) is 69.8 Å². The van der Waals surface area contributed by atoms with E-state index in [-0.39, 0.29) is 11.4 Å². The van der Waals surface area contributed by atoms with Crippen molar-refractivity contribution in [3.8, 4) is 11.3 Å². The maximum absolute atomic E-state index is 13.3. The van der Waals surface area contributed by atoms with Gasteiger partial charge in [0.15, 0.2) is 0 Å². The van der Waals surface area contributed by atoms with Crippen molar-refractivity contribution in [3.05, 3.63) is 23.9 Å². The first kappa shape index (κ1) is 18.8. The first-order valence-electron chi connectivity index (χ1n) is 9.20. The summed E-state index contributed by atoms with van der Waals surface area (Å²) in [5.41, 5.74) is 6.32. The number of rotatable bonds is 4. The quantitative estimate of drug-likeness (QED) is 0.842. The van der Waals surface area contributed by atoms with Gasteiger partial charge in [-0.1, -0.05) is 0 Å². The Labute approximate surface area is 161 Å². The molecule has 150 valence electrons. The number of ether oxygens (including phenoxy) is 2. The van der Waals surface area contributed by atoms with Gasteiger partial charge in [-0.05, 0) is 6.07 Å². The van der Waals surface area contributed by atoms with E-state index in [4.69, 9.17) is 20.2 Å². The number of nitrogens with zero attached hydrogens (tertiary/aromatic N) is 5. The summed E-state index contributed by atoms with van der Waals surface area (Å²) >= 11 is 0. The van der Waals surface area contributed by atoms with Crippen LogP contribution in [0.3, 0.4) is 0 Å². The molecule has 0 unspecified atom stereocenters. The van der Waals surface area contributed by atoms with E-state index in [0.717, 1.165) is 5.82 Å². The minimum Gasteiger partial charge on any atom is -0.383 e. The second-order valence-corrected chi connectivity index (χ2v) is 6.61. The number of hydrogen-bond donors (Lipinski definition) is 1. The molecule has 0 bridgehead atoms. The number of morpholine rings is 2. The molecule has 4 heterocycles. The molecule has 2 aliphatic heterocycles. The Morgan fingerprint density at radius 1 is 0.929 bits per heavy atom. The Bertz CT molecular complexity index is 789. The van der Waals surface area contributed by atoms with Crippen molar-refractivity contribution in [2.24, 2.45) is 0 Å². The predicted octanol–water partition coefficient (Wildman–Crippen LogP) is 1.73. The molecule has 4 rings (SSSR count). The molecule has 0 radical (unpaired) electrons. The highest BCUT2D eigenvalue weighted by molar-refractivity contribution is 5.67. The van der Waals surface area contributed by atoms with Gasteiger partial charge in [-0.25, -0.2) is 18.7 Å². The molecule has 0 amide bonds. The van der Waals surface area contributed by atoms with Crippen molar-refractivity contribution in [3.63, 3.8) is 0 Å². The fraction of sp³-hybridized carbons (Fsp3) is 0.500. The number of pyridine rings is 1. The zero-order valence-corrected chi connectivity index (χ0v) is 15.4. The zero-order valence-electron chi connectivity index (χ0n) is 15.4. The SMILES string of the molecule is Nc1ncc(-c2cc(N3CCOCC3)nc(N3CCOCC3)n2)cc1C(F)F. The van der Waals surface area contributed by atoms with Crippen LogP contribution in [0, 0.1) is 0 Å². The lowest BCUT2D eigenvalue weighted by molar-refractivity contribution is 0.121. The molecule has 2 N–H and O–H groups in total. The van der Waals surface area contributed by atoms with E-state index >= 15 is 0 Å². The number of alkyl halides is 2. The third-order valence-corrected chi connectivity index (χ3v) is 4.81. The lowest BCUT2D eigenvalue weighted by Crippen LogP contribution is -2.39. The van der Waals surface area contributed by atoms with Gasteiger partial charge in [-0.2, -0.15) is 4.98 Å². The van der Waals surface area contributed by atoms with Gasteiger partial charge in [-0.15, -0.1) is 0 Å². The van der Waals surface area contributed by atoms with Crippen LogP contribution in [0.4, 0.5) is 26.4 Å². The second kappa shape index (κ2) is 8.19. The van der Waals surface area contributed by atoms with E-state index in [1.54, 1.807) is 6.07 Å². The Morgan fingerprint density at radius 3 is 2.21 bits per heavy atom. The second-order valence-electron chi connectivity index (χ2n) is 6.61. The standard InChI is InChI=1S/C18H22F2N6O2/c19-16(20)13-9-12(11-22-17(13)21)14-10-15(25-1-5-27-6-2-25)24-18(23-14)26-3-7-28-8-4-26/h9-11,16H,1-8H2,(H2,21,22). The molecule has 2 fully saturated rings. The fourth-order valence-electron chi connectivity index (χ4n) is 3.24. The van der Waals surface area contributed by atoms with Crippen LogP contribution in [-0.4, -0.2) is 67.6 Å².